The molecule has 0 radical (unpaired) electrons. The number of carbonyl (C=O) groups excluding carboxylic acids is 1. The van der Waals surface area contributed by atoms with E-state index in [0.717, 1.165) is 0 Å². The number of benzene rings is 1. The van der Waals surface area contributed by atoms with Gasteiger partial charge in [0.05, 0.1) is 5.69 Å². The van der Waals surface area contributed by atoms with Gasteiger partial charge in [0.2, 0.25) is 0 Å². The molecule has 0 aliphatic heterocycles. The van der Waals surface area contributed by atoms with E-state index in [-0.39, 0.29) is 16.9 Å². The summed E-state index contributed by atoms with van der Waals surface area (Å²) in [6.07, 6.45) is 0. The highest BCUT2D eigenvalue weighted by atomic mass is 16.5. The predicted molar refractivity (Wildman–Crippen MR) is 64.3 cm³/mol. The fourth-order valence-corrected chi connectivity index (χ4v) is 1.48. The molecule has 0 aliphatic rings. The summed E-state index contributed by atoms with van der Waals surface area (Å²) in [6, 6.07) is 5.44. The van der Waals surface area contributed by atoms with Crippen molar-refractivity contribution in [2.45, 2.75) is 6.92 Å². The van der Waals surface area contributed by atoms with Gasteiger partial charge in [0.1, 0.15) is 11.3 Å². The zero-order chi connectivity index (χ0) is 14.0. The fourth-order valence-electron chi connectivity index (χ4n) is 1.48. The number of amides is 1. The quantitative estimate of drug-likeness (QED) is 0.725. The number of rotatable bonds is 3. The number of nitrogens with zero attached hydrogens (tertiary/aromatic N) is 1. The molecule has 2 aromatic rings. The van der Waals surface area contributed by atoms with E-state index in [1.807, 2.05) is 0 Å². The Bertz CT molecular complexity index is 647. The minimum absolute atomic E-state index is 0.00875. The van der Waals surface area contributed by atoms with Gasteiger partial charge in [-0.05, 0) is 19.1 Å². The molecule has 0 atom stereocenters. The van der Waals surface area contributed by atoms with Gasteiger partial charge in [-0.15, -0.1) is 0 Å². The summed E-state index contributed by atoms with van der Waals surface area (Å²) in [5.74, 6) is -1.93. The SMILES string of the molecule is Cc1cc(C(=O)Nc2cccc(C(=O)O)c2O)no1. The van der Waals surface area contributed by atoms with Crippen LogP contribution in [0, 0.1) is 6.92 Å². The van der Waals surface area contributed by atoms with Crippen molar-refractivity contribution in [3.05, 3.63) is 41.3 Å². The zero-order valence-corrected chi connectivity index (χ0v) is 9.88. The van der Waals surface area contributed by atoms with Gasteiger partial charge in [0.25, 0.3) is 5.91 Å². The third-order valence-electron chi connectivity index (χ3n) is 2.38. The standard InChI is InChI=1S/C12H10N2O5/c1-6-5-9(14-19-6)11(16)13-8-4-2-3-7(10(8)15)12(17)18/h2-5,15H,1H3,(H,13,16)(H,17,18). The number of aryl methyl sites for hydroxylation is 1. The van der Waals surface area contributed by atoms with Crippen LogP contribution in [0.15, 0.2) is 28.8 Å². The molecule has 19 heavy (non-hydrogen) atoms. The molecule has 98 valence electrons. The van der Waals surface area contributed by atoms with E-state index in [1.54, 1.807) is 6.92 Å². The molecule has 7 heteroatoms. The first kappa shape index (κ1) is 12.6. The summed E-state index contributed by atoms with van der Waals surface area (Å²) >= 11 is 0. The van der Waals surface area contributed by atoms with Crippen LogP contribution < -0.4 is 5.32 Å². The molecule has 0 spiro atoms. The number of carbonyl (C=O) groups is 2. The molecule has 0 fully saturated rings. The van der Waals surface area contributed by atoms with Crippen LogP contribution in [0.1, 0.15) is 26.6 Å². The first-order valence-electron chi connectivity index (χ1n) is 5.29. The second-order valence-electron chi connectivity index (χ2n) is 3.78. The van der Waals surface area contributed by atoms with E-state index in [2.05, 4.69) is 10.5 Å². The third-order valence-corrected chi connectivity index (χ3v) is 2.38. The van der Waals surface area contributed by atoms with Gasteiger partial charge in [-0.2, -0.15) is 0 Å². The van der Waals surface area contributed by atoms with Gasteiger partial charge >= 0.3 is 5.97 Å². The van der Waals surface area contributed by atoms with E-state index in [4.69, 9.17) is 9.63 Å². The third kappa shape index (κ3) is 2.54. The van der Waals surface area contributed by atoms with Gasteiger partial charge in [-0.1, -0.05) is 11.2 Å². The second kappa shape index (κ2) is 4.81. The lowest BCUT2D eigenvalue weighted by Crippen LogP contribution is -2.13. The molecule has 1 aromatic carbocycles. The Morgan fingerprint density at radius 1 is 1.37 bits per heavy atom. The smallest absolute Gasteiger partial charge is 0.339 e. The number of nitrogens with one attached hydrogen (secondary N) is 1. The van der Waals surface area contributed by atoms with Gasteiger partial charge in [-0.3, -0.25) is 4.79 Å². The first-order chi connectivity index (χ1) is 8.99. The monoisotopic (exact) mass is 262 g/mol. The van der Waals surface area contributed by atoms with Gasteiger partial charge < -0.3 is 20.1 Å². The predicted octanol–water partition coefficient (Wildman–Crippen LogP) is 1.64. The van der Waals surface area contributed by atoms with E-state index in [0.29, 0.717) is 5.76 Å². The van der Waals surface area contributed by atoms with Crippen molar-refractivity contribution in [2.24, 2.45) is 0 Å². The lowest BCUT2D eigenvalue weighted by atomic mass is 10.1. The summed E-state index contributed by atoms with van der Waals surface area (Å²) in [5.41, 5.74) is -0.266. The highest BCUT2D eigenvalue weighted by Gasteiger charge is 2.17. The normalized spacial score (nSPS) is 10.2. The topological polar surface area (TPSA) is 113 Å². The second-order valence-corrected chi connectivity index (χ2v) is 3.78. The Morgan fingerprint density at radius 3 is 2.68 bits per heavy atom. The van der Waals surface area contributed by atoms with Crippen LogP contribution in [0.2, 0.25) is 0 Å². The van der Waals surface area contributed by atoms with Crippen LogP contribution in [0.4, 0.5) is 5.69 Å². The van der Waals surface area contributed by atoms with Crippen LogP contribution >= 0.6 is 0 Å². The molecule has 1 aromatic heterocycles. The molecular weight excluding hydrogens is 252 g/mol. The number of aromatic hydroxyl groups is 1. The molecule has 0 bridgehead atoms. The van der Waals surface area contributed by atoms with Crippen molar-refractivity contribution in [3.63, 3.8) is 0 Å². The lowest BCUT2D eigenvalue weighted by Gasteiger charge is -2.07. The van der Waals surface area contributed by atoms with Gasteiger partial charge in [0, 0.05) is 6.07 Å². The highest BCUT2D eigenvalue weighted by molar-refractivity contribution is 6.05. The molecule has 2 rings (SSSR count). The van der Waals surface area contributed by atoms with E-state index < -0.39 is 17.6 Å². The maximum absolute atomic E-state index is 11.8. The number of carboxylic acid groups (broad SMARTS) is 1. The minimum atomic E-state index is -1.29. The number of anilines is 1. The van der Waals surface area contributed by atoms with E-state index in [1.165, 1.54) is 24.3 Å². The van der Waals surface area contributed by atoms with Crippen LogP contribution in [0.25, 0.3) is 0 Å². The van der Waals surface area contributed by atoms with Crippen molar-refractivity contribution < 1.29 is 24.3 Å². The van der Waals surface area contributed by atoms with E-state index in [9.17, 15) is 14.7 Å². The number of aromatic carboxylic acids is 1. The van der Waals surface area contributed by atoms with Crippen LogP contribution in [0.5, 0.6) is 5.75 Å². The van der Waals surface area contributed by atoms with Crippen molar-refractivity contribution >= 4 is 17.6 Å². The Morgan fingerprint density at radius 2 is 2.11 bits per heavy atom. The molecular formula is C12H10N2O5. The summed E-state index contributed by atoms with van der Waals surface area (Å²) < 4.78 is 4.75. The Hall–Kier alpha value is -2.83. The van der Waals surface area contributed by atoms with Crippen molar-refractivity contribution in [2.75, 3.05) is 5.32 Å². The molecule has 3 N–H and O–H groups in total. The van der Waals surface area contributed by atoms with Crippen molar-refractivity contribution in [3.8, 4) is 5.75 Å². The maximum atomic E-state index is 11.8. The summed E-state index contributed by atoms with van der Waals surface area (Å²) in [7, 11) is 0. The molecule has 0 unspecified atom stereocenters. The van der Waals surface area contributed by atoms with Crippen molar-refractivity contribution in [1.82, 2.24) is 5.16 Å². The number of phenols is 1. The summed E-state index contributed by atoms with van der Waals surface area (Å²) in [6.45, 7) is 1.63. The number of carboxylic acids is 1. The fraction of sp³-hybridized carbons (Fsp3) is 0.0833. The summed E-state index contributed by atoms with van der Waals surface area (Å²) in [5, 5.41) is 24.4. The number of hydrogen-bond acceptors (Lipinski definition) is 5. The molecule has 1 heterocycles. The Kier molecular flexibility index (Phi) is 3.19. The molecule has 0 saturated heterocycles. The minimum Gasteiger partial charge on any atom is -0.505 e. The summed E-state index contributed by atoms with van der Waals surface area (Å²) in [4.78, 5) is 22.6. The zero-order valence-electron chi connectivity index (χ0n) is 9.88. The molecule has 0 saturated carbocycles. The van der Waals surface area contributed by atoms with E-state index >= 15 is 0 Å². The molecule has 1 amide bonds. The maximum Gasteiger partial charge on any atom is 0.339 e. The Balaban J connectivity index is 2.27. The number of para-hydroxylation sites is 1. The molecule has 0 aliphatic carbocycles. The average molecular weight is 262 g/mol. The largest absolute Gasteiger partial charge is 0.505 e. The average Bonchev–Trinajstić information content (AvgIpc) is 2.78. The van der Waals surface area contributed by atoms with Crippen LogP contribution in [0.3, 0.4) is 0 Å². The number of hydrogen-bond donors (Lipinski definition) is 3. The first-order valence-corrected chi connectivity index (χ1v) is 5.29. The van der Waals surface area contributed by atoms with Gasteiger partial charge in [-0.25, -0.2) is 4.79 Å². The van der Waals surface area contributed by atoms with Crippen LogP contribution in [-0.4, -0.2) is 27.2 Å². The molecule has 7 nitrogen and oxygen atoms in total. The van der Waals surface area contributed by atoms with Gasteiger partial charge in [0.15, 0.2) is 11.4 Å². The Labute approximate surface area is 107 Å². The lowest BCUT2D eigenvalue weighted by molar-refractivity contribution is 0.0693. The highest BCUT2D eigenvalue weighted by Crippen LogP contribution is 2.27. The van der Waals surface area contributed by atoms with Crippen molar-refractivity contribution in [1.29, 1.82) is 0 Å². The number of aromatic nitrogens is 1. The van der Waals surface area contributed by atoms with Crippen LogP contribution in [-0.2, 0) is 0 Å².